The largest absolute Gasteiger partial charge is 0.462 e. The second-order valence-electron chi connectivity index (χ2n) is 15.7. The fourth-order valence-electron chi connectivity index (χ4n) is 13.0. The lowest BCUT2D eigenvalue weighted by Gasteiger charge is -2.67. The number of hydrogen-bond acceptors (Lipinski definition) is 5. The number of aliphatic hydroxyl groups is 1. The minimum absolute atomic E-state index is 0.204. The molecule has 0 aromatic carbocycles. The van der Waals surface area contributed by atoms with Gasteiger partial charge in [-0.15, -0.1) is 0 Å². The number of carbonyl (C=O) groups is 1. The molecule has 4 saturated heterocycles. The van der Waals surface area contributed by atoms with Gasteiger partial charge in [0.25, 0.3) is 0 Å². The number of ether oxygens (including phenoxy) is 2. The van der Waals surface area contributed by atoms with E-state index in [0.29, 0.717) is 22.4 Å². The average molecular weight is 514 g/mol. The summed E-state index contributed by atoms with van der Waals surface area (Å²) in [5, 5.41) is 11.3. The van der Waals surface area contributed by atoms with Gasteiger partial charge in [-0.3, -0.25) is 9.69 Å². The SMILES string of the molecule is CC(=O)O[C@@H]1CC[C@@]2(C)O[C@@H](O)[C@]1(C)[C@@H]2CC[C@@]12[C@@H]3[C@@H](C(C)C)CC[C@@]1(C)[C@@H]1CC[C@@]4(CCC[C@H]42)N3C1. The van der Waals surface area contributed by atoms with Crippen LogP contribution in [0.4, 0.5) is 0 Å². The van der Waals surface area contributed by atoms with Crippen molar-refractivity contribution in [2.45, 2.75) is 142 Å². The Morgan fingerprint density at radius 2 is 1.86 bits per heavy atom. The Bertz CT molecular complexity index is 984. The molecule has 1 unspecified atom stereocenters. The number of piperidine rings is 2. The first-order valence-electron chi connectivity index (χ1n) is 15.7. The molecule has 0 aromatic heterocycles. The van der Waals surface area contributed by atoms with Gasteiger partial charge in [0.1, 0.15) is 6.10 Å². The number of hydrogen-bond donors (Lipinski definition) is 1. The van der Waals surface area contributed by atoms with Gasteiger partial charge in [-0.25, -0.2) is 0 Å². The van der Waals surface area contributed by atoms with E-state index in [-0.39, 0.29) is 23.6 Å². The lowest BCUT2D eigenvalue weighted by molar-refractivity contribution is -0.188. The zero-order valence-electron chi connectivity index (χ0n) is 24.2. The van der Waals surface area contributed by atoms with Crippen LogP contribution < -0.4 is 0 Å². The maximum absolute atomic E-state index is 12.1. The van der Waals surface area contributed by atoms with Gasteiger partial charge < -0.3 is 14.6 Å². The molecule has 1 N–H and O–H groups in total. The second kappa shape index (κ2) is 7.75. The summed E-state index contributed by atoms with van der Waals surface area (Å²) in [6.07, 6.45) is 12.7. The van der Waals surface area contributed by atoms with Gasteiger partial charge in [-0.2, -0.15) is 0 Å². The molecular weight excluding hydrogens is 462 g/mol. The Hall–Kier alpha value is -0.650. The summed E-state index contributed by atoms with van der Waals surface area (Å²) >= 11 is 0. The van der Waals surface area contributed by atoms with Crippen LogP contribution in [-0.2, 0) is 14.3 Å². The van der Waals surface area contributed by atoms with E-state index in [4.69, 9.17) is 9.47 Å². The van der Waals surface area contributed by atoms with Crippen molar-refractivity contribution in [2.24, 2.45) is 45.8 Å². The Kier molecular flexibility index (Phi) is 5.31. The topological polar surface area (TPSA) is 59.0 Å². The normalized spacial score (nSPS) is 59.1. The van der Waals surface area contributed by atoms with Gasteiger partial charge in [0.05, 0.1) is 11.0 Å². The van der Waals surface area contributed by atoms with E-state index in [0.717, 1.165) is 42.9 Å². The van der Waals surface area contributed by atoms with Crippen LogP contribution in [0, 0.1) is 45.8 Å². The summed E-state index contributed by atoms with van der Waals surface area (Å²) in [6.45, 7) is 14.9. The third-order valence-corrected chi connectivity index (χ3v) is 14.5. The first-order chi connectivity index (χ1) is 17.4. The minimum Gasteiger partial charge on any atom is -0.462 e. The fourth-order valence-corrected chi connectivity index (χ4v) is 13.0. The summed E-state index contributed by atoms with van der Waals surface area (Å²) < 4.78 is 12.3. The maximum atomic E-state index is 12.1. The van der Waals surface area contributed by atoms with Crippen molar-refractivity contribution < 1.29 is 19.4 Å². The lowest BCUT2D eigenvalue weighted by atomic mass is 9.41. The molecule has 7 rings (SSSR count). The third kappa shape index (κ3) is 2.81. The van der Waals surface area contributed by atoms with Crippen LogP contribution in [0.5, 0.6) is 0 Å². The summed E-state index contributed by atoms with van der Waals surface area (Å²) in [5.41, 5.74) is 0.348. The lowest BCUT2D eigenvalue weighted by Crippen LogP contribution is -2.68. The molecular formula is C32H51NO4. The Labute approximate surface area is 224 Å². The molecule has 4 aliphatic heterocycles. The Balaban J connectivity index is 1.30. The smallest absolute Gasteiger partial charge is 0.302 e. The first-order valence-corrected chi connectivity index (χ1v) is 15.7. The summed E-state index contributed by atoms with van der Waals surface area (Å²) in [6, 6.07) is 0.713. The number of aliphatic hydroxyl groups excluding tert-OH is 1. The van der Waals surface area contributed by atoms with E-state index in [2.05, 4.69) is 39.5 Å². The van der Waals surface area contributed by atoms with E-state index < -0.39 is 11.7 Å². The van der Waals surface area contributed by atoms with Crippen molar-refractivity contribution in [1.29, 1.82) is 0 Å². The number of fused-ring (bicyclic) bond motifs is 4. The van der Waals surface area contributed by atoms with E-state index in [9.17, 15) is 9.90 Å². The molecule has 3 saturated carbocycles. The zero-order chi connectivity index (χ0) is 26.2. The van der Waals surface area contributed by atoms with Gasteiger partial charge >= 0.3 is 5.97 Å². The minimum atomic E-state index is -0.870. The predicted molar refractivity (Wildman–Crippen MR) is 143 cm³/mol. The van der Waals surface area contributed by atoms with Gasteiger partial charge in [0.15, 0.2) is 6.29 Å². The molecule has 37 heavy (non-hydrogen) atoms. The van der Waals surface area contributed by atoms with Crippen molar-refractivity contribution in [3.05, 3.63) is 0 Å². The van der Waals surface area contributed by atoms with E-state index in [1.165, 1.54) is 64.8 Å². The van der Waals surface area contributed by atoms with Crippen molar-refractivity contribution in [3.8, 4) is 0 Å². The van der Waals surface area contributed by atoms with E-state index in [1.807, 2.05) is 0 Å². The van der Waals surface area contributed by atoms with Crippen LogP contribution in [-0.4, -0.2) is 52.1 Å². The van der Waals surface area contributed by atoms with Crippen LogP contribution in [0.2, 0.25) is 0 Å². The molecule has 0 amide bonds. The summed E-state index contributed by atoms with van der Waals surface area (Å²) in [5.74, 6) is 3.13. The van der Waals surface area contributed by atoms with E-state index >= 15 is 0 Å². The van der Waals surface area contributed by atoms with Crippen LogP contribution in [0.1, 0.15) is 112 Å². The van der Waals surface area contributed by atoms with Crippen molar-refractivity contribution >= 4 is 5.97 Å². The molecule has 0 radical (unpaired) electrons. The standard InChI is InChI=1S/C32H51NO4/c1-19(2)22-10-14-28(4)21-9-16-31-13-7-8-24(31)32(28,26(22)33(31)18-21)17-11-23-29(5)15-12-25(36-20(3)34)30(23,6)27(35)37-29/h19,21-27,35H,7-18H2,1-6H3/t21-,22-,23-,24-,25-,26+,27-,28+,29-,30-,31-,32-/m1/s1. The molecule has 3 aliphatic carbocycles. The molecule has 5 nitrogen and oxygen atoms in total. The van der Waals surface area contributed by atoms with Crippen LogP contribution in [0.15, 0.2) is 0 Å². The highest BCUT2D eigenvalue weighted by molar-refractivity contribution is 5.66. The fraction of sp³-hybridized carbons (Fsp3) is 0.969. The molecule has 7 aliphatic rings. The first kappa shape index (κ1) is 25.3. The highest BCUT2D eigenvalue weighted by Gasteiger charge is 2.80. The number of rotatable bonds is 5. The molecule has 208 valence electrons. The van der Waals surface area contributed by atoms with Crippen molar-refractivity contribution in [1.82, 2.24) is 4.90 Å². The molecule has 0 aromatic rings. The maximum Gasteiger partial charge on any atom is 0.302 e. The zero-order valence-corrected chi connectivity index (χ0v) is 24.2. The Morgan fingerprint density at radius 1 is 1.08 bits per heavy atom. The van der Waals surface area contributed by atoms with E-state index in [1.54, 1.807) is 0 Å². The monoisotopic (exact) mass is 513 g/mol. The number of nitrogens with zero attached hydrogens (tertiary/aromatic N) is 1. The average Bonchev–Trinajstić information content (AvgIpc) is 3.35. The highest BCUT2D eigenvalue weighted by Crippen LogP contribution is 2.79. The van der Waals surface area contributed by atoms with Crippen LogP contribution in [0.3, 0.4) is 0 Å². The van der Waals surface area contributed by atoms with Crippen molar-refractivity contribution in [2.75, 3.05) is 6.54 Å². The van der Waals surface area contributed by atoms with Crippen LogP contribution in [0.25, 0.3) is 0 Å². The second-order valence-corrected chi connectivity index (χ2v) is 15.7. The third-order valence-electron chi connectivity index (χ3n) is 14.5. The Morgan fingerprint density at radius 3 is 2.59 bits per heavy atom. The summed E-state index contributed by atoms with van der Waals surface area (Å²) in [7, 11) is 0. The summed E-state index contributed by atoms with van der Waals surface area (Å²) in [4.78, 5) is 15.2. The molecule has 7 fully saturated rings. The molecule has 13 atom stereocenters. The predicted octanol–water partition coefficient (Wildman–Crippen LogP) is 5.93. The van der Waals surface area contributed by atoms with Gasteiger partial charge in [-0.05, 0) is 106 Å². The van der Waals surface area contributed by atoms with Crippen molar-refractivity contribution in [3.63, 3.8) is 0 Å². The molecule has 4 heterocycles. The van der Waals surface area contributed by atoms with Crippen LogP contribution >= 0.6 is 0 Å². The van der Waals surface area contributed by atoms with Gasteiger partial charge in [0.2, 0.25) is 0 Å². The quantitative estimate of drug-likeness (QED) is 0.462. The molecule has 1 spiro atoms. The van der Waals surface area contributed by atoms with Gasteiger partial charge in [0, 0.05) is 31.0 Å². The van der Waals surface area contributed by atoms with Gasteiger partial charge in [-0.1, -0.05) is 34.1 Å². The number of esters is 1. The highest BCUT2D eigenvalue weighted by atomic mass is 16.6. The molecule has 5 heteroatoms. The molecule has 7 bridgehead atoms. The number of carbonyl (C=O) groups excluding carboxylic acids is 1.